The summed E-state index contributed by atoms with van der Waals surface area (Å²) in [5, 5.41) is 24.4. The molecule has 182 valence electrons. The molecule has 3 rings (SSSR count). The molecule has 0 aromatic heterocycles. The maximum atomic E-state index is 13.2. The first-order chi connectivity index (χ1) is 17.2. The minimum absolute atomic E-state index is 0.142. The fourth-order valence-electron chi connectivity index (χ4n) is 3.64. The van der Waals surface area contributed by atoms with Crippen LogP contribution < -0.4 is 10.6 Å². The number of amides is 1. The van der Waals surface area contributed by atoms with E-state index in [0.29, 0.717) is 16.8 Å². The molecule has 3 aromatic carbocycles. The van der Waals surface area contributed by atoms with Gasteiger partial charge in [0.1, 0.15) is 5.60 Å². The van der Waals surface area contributed by atoms with Crippen LogP contribution in [0.3, 0.4) is 0 Å². The van der Waals surface area contributed by atoms with Gasteiger partial charge in [-0.25, -0.2) is 0 Å². The lowest BCUT2D eigenvalue weighted by Crippen LogP contribution is -2.45. The molecule has 7 heteroatoms. The zero-order valence-electron chi connectivity index (χ0n) is 20.5. The summed E-state index contributed by atoms with van der Waals surface area (Å²) < 4.78 is 5.35. The van der Waals surface area contributed by atoms with Gasteiger partial charge in [0.05, 0.1) is 35.9 Å². The molecule has 0 radical (unpaired) electrons. The lowest BCUT2D eigenvalue weighted by Gasteiger charge is -2.22. The van der Waals surface area contributed by atoms with Gasteiger partial charge in [-0.3, -0.25) is 14.9 Å². The van der Waals surface area contributed by atoms with E-state index in [1.54, 1.807) is 57.2 Å². The van der Waals surface area contributed by atoms with Crippen molar-refractivity contribution in [3.8, 4) is 23.3 Å². The molecule has 0 aliphatic carbocycles. The topological polar surface area (TPSA) is 115 Å². The number of benzene rings is 3. The van der Waals surface area contributed by atoms with Crippen LogP contribution in [-0.4, -0.2) is 30.1 Å². The molecule has 2 N–H and O–H groups in total. The Labute approximate surface area is 211 Å². The van der Waals surface area contributed by atoms with Gasteiger partial charge < -0.3 is 10.1 Å². The molecule has 0 saturated carbocycles. The van der Waals surface area contributed by atoms with Gasteiger partial charge in [-0.1, -0.05) is 42.5 Å². The maximum absolute atomic E-state index is 13.2. The maximum Gasteiger partial charge on any atom is 0.320 e. The molecule has 0 unspecified atom stereocenters. The van der Waals surface area contributed by atoms with Crippen LogP contribution in [0.4, 0.5) is 5.69 Å². The monoisotopic (exact) mass is 480 g/mol. The van der Waals surface area contributed by atoms with Crippen LogP contribution in [0.25, 0.3) is 11.1 Å². The molecule has 0 bridgehead atoms. The Morgan fingerprint density at radius 3 is 2.33 bits per heavy atom. The van der Waals surface area contributed by atoms with E-state index in [-0.39, 0.29) is 18.9 Å². The van der Waals surface area contributed by atoms with Crippen molar-refractivity contribution in [2.45, 2.75) is 38.8 Å². The molecule has 0 saturated heterocycles. The van der Waals surface area contributed by atoms with E-state index < -0.39 is 17.6 Å². The zero-order valence-corrected chi connectivity index (χ0v) is 20.5. The van der Waals surface area contributed by atoms with Crippen LogP contribution in [0.2, 0.25) is 0 Å². The number of carbonyl (C=O) groups is 2. The van der Waals surface area contributed by atoms with Gasteiger partial charge in [0.2, 0.25) is 5.91 Å². The molecule has 0 aliphatic heterocycles. The normalized spacial score (nSPS) is 11.6. The van der Waals surface area contributed by atoms with E-state index in [9.17, 15) is 20.1 Å². The first kappa shape index (κ1) is 26.2. The van der Waals surface area contributed by atoms with E-state index in [1.807, 2.05) is 36.4 Å². The van der Waals surface area contributed by atoms with E-state index in [1.165, 1.54) is 0 Å². The zero-order chi connectivity index (χ0) is 26.1. The van der Waals surface area contributed by atoms with Crippen LogP contribution in [0.5, 0.6) is 0 Å². The van der Waals surface area contributed by atoms with Gasteiger partial charge in [0.15, 0.2) is 0 Å². The molecule has 3 aromatic rings. The van der Waals surface area contributed by atoms with Crippen LogP contribution in [0.1, 0.15) is 37.5 Å². The first-order valence-electron chi connectivity index (χ1n) is 11.5. The Morgan fingerprint density at radius 2 is 1.67 bits per heavy atom. The van der Waals surface area contributed by atoms with Crippen LogP contribution in [0.15, 0.2) is 72.8 Å². The highest BCUT2D eigenvalue weighted by Gasteiger charge is 2.22. The number of rotatable bonds is 8. The number of hydrogen-bond acceptors (Lipinski definition) is 6. The van der Waals surface area contributed by atoms with E-state index in [4.69, 9.17) is 4.74 Å². The second-order valence-electron chi connectivity index (χ2n) is 9.26. The Hall–Kier alpha value is -4.46. The molecule has 0 aliphatic rings. The number of nitrogens with one attached hydrogen (secondary N) is 2. The molecular formula is C29H28N4O3. The summed E-state index contributed by atoms with van der Waals surface area (Å²) in [5.74, 6) is -0.794. The minimum Gasteiger partial charge on any atom is -0.459 e. The van der Waals surface area contributed by atoms with Crippen molar-refractivity contribution in [1.29, 1.82) is 10.5 Å². The summed E-state index contributed by atoms with van der Waals surface area (Å²) in [5.41, 5.74) is 3.46. The Bertz CT molecular complexity index is 1310. The van der Waals surface area contributed by atoms with E-state index >= 15 is 0 Å². The predicted octanol–water partition coefficient (Wildman–Crippen LogP) is 4.58. The summed E-state index contributed by atoms with van der Waals surface area (Å²) in [4.78, 5) is 25.4. The number of esters is 1. The Balaban J connectivity index is 1.75. The summed E-state index contributed by atoms with van der Waals surface area (Å²) in [6, 6.07) is 25.1. The third-order valence-electron chi connectivity index (χ3n) is 5.24. The SMILES string of the molecule is CC(C)(C)OC(=O)CN[C@@H](Cc1cccc(C#N)c1)C(=O)Nc1ccc(-c2ccccc2C#N)cc1. The average Bonchev–Trinajstić information content (AvgIpc) is 2.86. The van der Waals surface area contributed by atoms with Crippen molar-refractivity contribution in [2.24, 2.45) is 0 Å². The molecule has 7 nitrogen and oxygen atoms in total. The lowest BCUT2D eigenvalue weighted by molar-refractivity contribution is -0.153. The fourth-order valence-corrected chi connectivity index (χ4v) is 3.64. The number of nitrogens with zero attached hydrogens (tertiary/aromatic N) is 2. The van der Waals surface area contributed by atoms with Gasteiger partial charge in [-0.2, -0.15) is 10.5 Å². The van der Waals surface area contributed by atoms with Gasteiger partial charge in [-0.15, -0.1) is 0 Å². The molecule has 0 fully saturated rings. The summed E-state index contributed by atoms with van der Waals surface area (Å²) in [7, 11) is 0. The number of anilines is 1. The van der Waals surface area contributed by atoms with Crippen LogP contribution >= 0.6 is 0 Å². The molecular weight excluding hydrogens is 452 g/mol. The van der Waals surface area contributed by atoms with Gasteiger partial charge in [-0.05, 0) is 74.2 Å². The number of carbonyl (C=O) groups excluding carboxylic acids is 2. The lowest BCUT2D eigenvalue weighted by atomic mass is 10.00. The van der Waals surface area contributed by atoms with Crippen LogP contribution in [-0.2, 0) is 20.7 Å². The highest BCUT2D eigenvalue weighted by molar-refractivity contribution is 5.95. The minimum atomic E-state index is -0.745. The van der Waals surface area contributed by atoms with Crippen molar-refractivity contribution in [3.63, 3.8) is 0 Å². The average molecular weight is 481 g/mol. The molecule has 0 spiro atoms. The highest BCUT2D eigenvalue weighted by Crippen LogP contribution is 2.24. The number of nitriles is 2. The van der Waals surface area contributed by atoms with E-state index in [2.05, 4.69) is 22.8 Å². The van der Waals surface area contributed by atoms with Crippen molar-refractivity contribution in [2.75, 3.05) is 11.9 Å². The Morgan fingerprint density at radius 1 is 0.944 bits per heavy atom. The molecule has 36 heavy (non-hydrogen) atoms. The summed E-state index contributed by atoms with van der Waals surface area (Å²) in [6.45, 7) is 5.20. The summed E-state index contributed by atoms with van der Waals surface area (Å²) in [6.07, 6.45) is 0.276. The first-order valence-corrected chi connectivity index (χ1v) is 11.5. The van der Waals surface area contributed by atoms with Crippen molar-refractivity contribution in [1.82, 2.24) is 5.32 Å². The van der Waals surface area contributed by atoms with Gasteiger partial charge in [0.25, 0.3) is 0 Å². The van der Waals surface area contributed by atoms with Crippen LogP contribution in [0, 0.1) is 22.7 Å². The third kappa shape index (κ3) is 7.53. The van der Waals surface area contributed by atoms with E-state index in [0.717, 1.165) is 16.7 Å². The number of hydrogen-bond donors (Lipinski definition) is 2. The third-order valence-corrected chi connectivity index (χ3v) is 5.24. The molecule has 1 amide bonds. The smallest absolute Gasteiger partial charge is 0.320 e. The molecule has 1 atom stereocenters. The number of ether oxygens (including phenoxy) is 1. The highest BCUT2D eigenvalue weighted by atomic mass is 16.6. The molecule has 0 heterocycles. The predicted molar refractivity (Wildman–Crippen MR) is 138 cm³/mol. The van der Waals surface area contributed by atoms with Crippen molar-refractivity contribution >= 4 is 17.6 Å². The quantitative estimate of drug-likeness (QED) is 0.456. The second-order valence-corrected chi connectivity index (χ2v) is 9.26. The Kier molecular flexibility index (Phi) is 8.57. The fraction of sp³-hybridized carbons (Fsp3) is 0.241. The van der Waals surface area contributed by atoms with Crippen molar-refractivity contribution < 1.29 is 14.3 Å². The summed E-state index contributed by atoms with van der Waals surface area (Å²) >= 11 is 0. The van der Waals surface area contributed by atoms with Crippen molar-refractivity contribution in [3.05, 3.63) is 89.5 Å². The standard InChI is InChI=1S/C29H28N4O3/c1-29(2,3)36-27(34)19-32-26(16-20-7-6-8-21(15-20)17-30)28(35)33-24-13-11-22(12-14-24)25-10-5-4-9-23(25)18-31/h4-15,26,32H,16,19H2,1-3H3,(H,33,35)/t26-/m0/s1. The van der Waals surface area contributed by atoms with Gasteiger partial charge >= 0.3 is 5.97 Å². The van der Waals surface area contributed by atoms with Gasteiger partial charge in [0, 0.05) is 5.69 Å². The second kappa shape index (κ2) is 11.8. The largest absolute Gasteiger partial charge is 0.459 e.